The molecule has 0 radical (unpaired) electrons. The molecule has 1 saturated heterocycles. The van der Waals surface area contributed by atoms with Crippen molar-refractivity contribution in [3.05, 3.63) is 55.8 Å². The maximum Gasteiger partial charge on any atom is 0.349 e. The predicted octanol–water partition coefficient (Wildman–Crippen LogP) is 3.67. The maximum absolute atomic E-state index is 12.8. The van der Waals surface area contributed by atoms with Crippen molar-refractivity contribution in [2.75, 3.05) is 13.1 Å². The Morgan fingerprint density at radius 2 is 2.19 bits per heavy atom. The molecular formula is C21H26N2O3S. The average Bonchev–Trinajstić information content (AvgIpc) is 3.06. The Hall–Kier alpha value is -1.92. The summed E-state index contributed by atoms with van der Waals surface area (Å²) in [5.74, 6) is 0.780. The number of carbonyl (C=O) groups is 1. The minimum atomic E-state index is -0.499. The summed E-state index contributed by atoms with van der Waals surface area (Å²) >= 11 is 1.76. The van der Waals surface area contributed by atoms with Crippen LogP contribution in [0, 0.1) is 6.92 Å². The number of nitrogens with zero attached hydrogens (tertiary/aromatic N) is 1. The lowest BCUT2D eigenvalue weighted by Crippen LogP contribution is -2.48. The number of likely N-dealkylation sites (tertiary alicyclic amines) is 1. The van der Waals surface area contributed by atoms with Gasteiger partial charge in [-0.05, 0) is 62.2 Å². The van der Waals surface area contributed by atoms with Crippen LogP contribution >= 0.6 is 11.3 Å². The zero-order valence-electron chi connectivity index (χ0n) is 15.7. The van der Waals surface area contributed by atoms with Crippen LogP contribution in [0.5, 0.6) is 0 Å². The average molecular weight is 387 g/mol. The molecule has 2 fully saturated rings. The SMILES string of the molecule is Cc1cc(C2CCC2)oc(=O)c1C(=O)NC1CCCN(Cc2cccs2)C1. The van der Waals surface area contributed by atoms with Crippen LogP contribution in [0.25, 0.3) is 0 Å². The number of piperidine rings is 1. The molecule has 2 aromatic rings. The molecular weight excluding hydrogens is 360 g/mol. The molecule has 1 amide bonds. The summed E-state index contributed by atoms with van der Waals surface area (Å²) in [7, 11) is 0. The molecule has 1 N–H and O–H groups in total. The largest absolute Gasteiger partial charge is 0.427 e. The van der Waals surface area contributed by atoms with E-state index in [-0.39, 0.29) is 17.5 Å². The second-order valence-electron chi connectivity index (χ2n) is 7.75. The smallest absolute Gasteiger partial charge is 0.349 e. The molecule has 1 unspecified atom stereocenters. The predicted molar refractivity (Wildman–Crippen MR) is 106 cm³/mol. The van der Waals surface area contributed by atoms with E-state index in [4.69, 9.17) is 4.42 Å². The van der Waals surface area contributed by atoms with Crippen LogP contribution < -0.4 is 10.9 Å². The lowest BCUT2D eigenvalue weighted by Gasteiger charge is -2.32. The third-order valence-electron chi connectivity index (χ3n) is 5.70. The van der Waals surface area contributed by atoms with Crippen LogP contribution in [0.2, 0.25) is 0 Å². The zero-order chi connectivity index (χ0) is 18.8. The van der Waals surface area contributed by atoms with E-state index < -0.39 is 5.63 Å². The fraction of sp³-hybridized carbons (Fsp3) is 0.524. The van der Waals surface area contributed by atoms with E-state index in [2.05, 4.69) is 27.7 Å². The number of hydrogen-bond acceptors (Lipinski definition) is 5. The fourth-order valence-corrected chi connectivity index (χ4v) is 4.74. The molecule has 0 aromatic carbocycles. The van der Waals surface area contributed by atoms with E-state index in [0.29, 0.717) is 5.92 Å². The van der Waals surface area contributed by atoms with E-state index in [1.807, 2.05) is 13.0 Å². The van der Waals surface area contributed by atoms with Gasteiger partial charge in [-0.25, -0.2) is 4.79 Å². The molecule has 27 heavy (non-hydrogen) atoms. The highest BCUT2D eigenvalue weighted by Crippen LogP contribution is 2.36. The van der Waals surface area contributed by atoms with Gasteiger partial charge in [0.2, 0.25) is 0 Å². The first-order chi connectivity index (χ1) is 13.1. The second kappa shape index (κ2) is 7.98. The highest BCUT2D eigenvalue weighted by Gasteiger charge is 2.27. The molecule has 2 aliphatic rings. The normalized spacial score (nSPS) is 21.0. The van der Waals surface area contributed by atoms with Crippen molar-refractivity contribution >= 4 is 17.2 Å². The van der Waals surface area contributed by atoms with Gasteiger partial charge in [0.25, 0.3) is 5.91 Å². The first-order valence-electron chi connectivity index (χ1n) is 9.80. The summed E-state index contributed by atoms with van der Waals surface area (Å²) in [6.45, 7) is 4.61. The first kappa shape index (κ1) is 18.4. The summed E-state index contributed by atoms with van der Waals surface area (Å²) < 4.78 is 5.47. The van der Waals surface area contributed by atoms with Gasteiger partial charge in [-0.3, -0.25) is 9.69 Å². The Labute approximate surface area is 163 Å². The van der Waals surface area contributed by atoms with Gasteiger partial charge in [-0.2, -0.15) is 0 Å². The molecule has 1 aliphatic carbocycles. The molecule has 3 heterocycles. The van der Waals surface area contributed by atoms with Crippen molar-refractivity contribution in [3.63, 3.8) is 0 Å². The standard InChI is InChI=1S/C21H26N2O3S/c1-14-11-18(15-5-2-6-15)26-21(25)19(14)20(24)22-16-7-3-9-23(12-16)13-17-8-4-10-27-17/h4,8,10-11,15-16H,2-3,5-7,9,12-13H2,1H3,(H,22,24). The van der Waals surface area contributed by atoms with Gasteiger partial charge in [0.15, 0.2) is 0 Å². The molecule has 1 aliphatic heterocycles. The summed E-state index contributed by atoms with van der Waals surface area (Å²) in [5.41, 5.74) is 0.381. The van der Waals surface area contributed by atoms with Gasteiger partial charge in [-0.15, -0.1) is 11.3 Å². The van der Waals surface area contributed by atoms with Crippen LogP contribution in [-0.2, 0) is 6.54 Å². The Morgan fingerprint density at radius 3 is 2.85 bits per heavy atom. The second-order valence-corrected chi connectivity index (χ2v) is 8.78. The van der Waals surface area contributed by atoms with Gasteiger partial charge in [0.1, 0.15) is 11.3 Å². The lowest BCUT2D eigenvalue weighted by atomic mass is 9.83. The Bertz CT molecular complexity index is 855. The molecule has 1 atom stereocenters. The minimum absolute atomic E-state index is 0.0660. The minimum Gasteiger partial charge on any atom is -0.427 e. The molecule has 1 saturated carbocycles. The summed E-state index contributed by atoms with van der Waals surface area (Å²) in [6, 6.07) is 6.16. The van der Waals surface area contributed by atoms with Gasteiger partial charge in [0, 0.05) is 29.9 Å². The molecule has 0 spiro atoms. The van der Waals surface area contributed by atoms with Crippen LogP contribution in [0.1, 0.15) is 64.6 Å². The van der Waals surface area contributed by atoms with E-state index >= 15 is 0 Å². The number of rotatable bonds is 5. The third-order valence-corrected chi connectivity index (χ3v) is 6.56. The number of carbonyl (C=O) groups excluding carboxylic acids is 1. The molecule has 5 nitrogen and oxygen atoms in total. The number of thiophene rings is 1. The molecule has 0 bridgehead atoms. The Kier molecular flexibility index (Phi) is 5.45. The summed E-state index contributed by atoms with van der Waals surface area (Å²) in [4.78, 5) is 28.9. The van der Waals surface area contributed by atoms with Gasteiger partial charge < -0.3 is 9.73 Å². The quantitative estimate of drug-likeness (QED) is 0.852. The molecule has 2 aromatic heterocycles. The van der Waals surface area contributed by atoms with Crippen molar-refractivity contribution in [1.82, 2.24) is 10.2 Å². The van der Waals surface area contributed by atoms with E-state index in [1.54, 1.807) is 11.3 Å². The number of nitrogens with one attached hydrogen (secondary N) is 1. The Morgan fingerprint density at radius 1 is 1.33 bits per heavy atom. The number of aryl methyl sites for hydroxylation is 1. The summed E-state index contributed by atoms with van der Waals surface area (Å²) in [6.07, 6.45) is 5.30. The van der Waals surface area contributed by atoms with E-state index in [0.717, 1.165) is 56.6 Å². The van der Waals surface area contributed by atoms with Crippen molar-refractivity contribution in [2.45, 2.75) is 57.5 Å². The third kappa shape index (κ3) is 4.17. The van der Waals surface area contributed by atoms with Crippen molar-refractivity contribution < 1.29 is 9.21 Å². The Balaban J connectivity index is 1.41. The topological polar surface area (TPSA) is 62.6 Å². The zero-order valence-corrected chi connectivity index (χ0v) is 16.5. The van der Waals surface area contributed by atoms with Crippen LogP contribution in [0.3, 0.4) is 0 Å². The van der Waals surface area contributed by atoms with Gasteiger partial charge in [-0.1, -0.05) is 12.5 Å². The highest BCUT2D eigenvalue weighted by atomic mass is 32.1. The van der Waals surface area contributed by atoms with Crippen LogP contribution in [-0.4, -0.2) is 29.9 Å². The summed E-state index contributed by atoms with van der Waals surface area (Å²) in [5, 5.41) is 5.16. The first-order valence-corrected chi connectivity index (χ1v) is 10.7. The van der Waals surface area contributed by atoms with Gasteiger partial charge >= 0.3 is 5.63 Å². The molecule has 4 rings (SSSR count). The monoisotopic (exact) mass is 386 g/mol. The molecule has 6 heteroatoms. The van der Waals surface area contributed by atoms with Crippen molar-refractivity contribution in [2.24, 2.45) is 0 Å². The number of hydrogen-bond donors (Lipinski definition) is 1. The van der Waals surface area contributed by atoms with E-state index in [9.17, 15) is 9.59 Å². The van der Waals surface area contributed by atoms with Crippen molar-refractivity contribution in [3.8, 4) is 0 Å². The number of amides is 1. The fourth-order valence-electron chi connectivity index (χ4n) is 4.00. The van der Waals surface area contributed by atoms with Crippen LogP contribution in [0.4, 0.5) is 0 Å². The van der Waals surface area contributed by atoms with Crippen molar-refractivity contribution in [1.29, 1.82) is 0 Å². The molecule has 144 valence electrons. The van der Waals surface area contributed by atoms with Gasteiger partial charge in [0.05, 0.1) is 0 Å². The highest BCUT2D eigenvalue weighted by molar-refractivity contribution is 7.09. The van der Waals surface area contributed by atoms with E-state index in [1.165, 1.54) is 11.3 Å². The lowest BCUT2D eigenvalue weighted by molar-refractivity contribution is 0.0895. The maximum atomic E-state index is 12.8. The van der Waals surface area contributed by atoms with Crippen LogP contribution in [0.15, 0.2) is 32.8 Å².